The van der Waals surface area contributed by atoms with Crippen LogP contribution < -0.4 is 4.90 Å². The van der Waals surface area contributed by atoms with Crippen LogP contribution in [-0.2, 0) is 11.3 Å². The maximum Gasteiger partial charge on any atom is 0.222 e. The van der Waals surface area contributed by atoms with Gasteiger partial charge in [-0.2, -0.15) is 0 Å². The first-order valence-electron chi connectivity index (χ1n) is 10.3. The molecule has 2 fully saturated rings. The number of fused-ring (bicyclic) bond motifs is 1. The maximum atomic E-state index is 12.6. The van der Waals surface area contributed by atoms with Gasteiger partial charge in [0.05, 0.1) is 0 Å². The molecule has 8 nitrogen and oxygen atoms in total. The molecule has 1 saturated heterocycles. The molecular formula is C19H29N7O. The SMILES string of the molecule is CCn1nnc2c(N3CCN(C(=O)CCC4CCCCC4)CC3)ncnc21. The zero-order chi connectivity index (χ0) is 18.6. The Morgan fingerprint density at radius 1 is 1.11 bits per heavy atom. The summed E-state index contributed by atoms with van der Waals surface area (Å²) in [6.07, 6.45) is 10.0. The van der Waals surface area contributed by atoms with Gasteiger partial charge in [-0.1, -0.05) is 37.3 Å². The largest absolute Gasteiger partial charge is 0.351 e. The third-order valence-electron chi connectivity index (χ3n) is 6.00. The van der Waals surface area contributed by atoms with Gasteiger partial charge in [0.25, 0.3) is 0 Å². The summed E-state index contributed by atoms with van der Waals surface area (Å²) in [4.78, 5) is 25.6. The number of rotatable bonds is 5. The van der Waals surface area contributed by atoms with E-state index in [-0.39, 0.29) is 0 Å². The van der Waals surface area contributed by atoms with Gasteiger partial charge in [0, 0.05) is 39.1 Å². The van der Waals surface area contributed by atoms with Gasteiger partial charge in [-0.3, -0.25) is 4.79 Å². The molecule has 27 heavy (non-hydrogen) atoms. The van der Waals surface area contributed by atoms with E-state index in [2.05, 4.69) is 25.2 Å². The lowest BCUT2D eigenvalue weighted by Crippen LogP contribution is -2.49. The summed E-state index contributed by atoms with van der Waals surface area (Å²) in [7, 11) is 0. The summed E-state index contributed by atoms with van der Waals surface area (Å²) >= 11 is 0. The maximum absolute atomic E-state index is 12.6. The average molecular weight is 371 g/mol. The van der Waals surface area contributed by atoms with Gasteiger partial charge in [-0.15, -0.1) is 5.10 Å². The van der Waals surface area contributed by atoms with Crippen LogP contribution in [0.25, 0.3) is 11.2 Å². The minimum atomic E-state index is 0.310. The fourth-order valence-electron chi connectivity index (χ4n) is 4.35. The Bertz CT molecular complexity index is 775. The average Bonchev–Trinajstić information content (AvgIpc) is 3.16. The van der Waals surface area contributed by atoms with E-state index in [0.29, 0.717) is 12.3 Å². The fourth-order valence-corrected chi connectivity index (χ4v) is 4.35. The van der Waals surface area contributed by atoms with Crippen molar-refractivity contribution < 1.29 is 4.79 Å². The number of amides is 1. The predicted octanol–water partition coefficient (Wildman–Crippen LogP) is 2.25. The highest BCUT2D eigenvalue weighted by atomic mass is 16.2. The molecule has 0 N–H and O–H groups in total. The quantitative estimate of drug-likeness (QED) is 0.802. The number of aromatic nitrogens is 5. The lowest BCUT2D eigenvalue weighted by atomic mass is 9.86. The number of hydrogen-bond donors (Lipinski definition) is 0. The Kier molecular flexibility index (Phi) is 5.50. The smallest absolute Gasteiger partial charge is 0.222 e. The summed E-state index contributed by atoms with van der Waals surface area (Å²) in [6.45, 7) is 5.80. The van der Waals surface area contributed by atoms with Crippen LogP contribution in [0.15, 0.2) is 6.33 Å². The van der Waals surface area contributed by atoms with Crippen LogP contribution in [0.3, 0.4) is 0 Å². The van der Waals surface area contributed by atoms with Gasteiger partial charge >= 0.3 is 0 Å². The van der Waals surface area contributed by atoms with Crippen molar-refractivity contribution in [3.8, 4) is 0 Å². The number of carbonyl (C=O) groups is 1. The lowest BCUT2D eigenvalue weighted by molar-refractivity contribution is -0.131. The highest BCUT2D eigenvalue weighted by molar-refractivity contribution is 5.83. The zero-order valence-corrected chi connectivity index (χ0v) is 16.2. The molecule has 3 heterocycles. The van der Waals surface area contributed by atoms with E-state index >= 15 is 0 Å². The summed E-state index contributed by atoms with van der Waals surface area (Å²) in [5, 5.41) is 8.42. The Morgan fingerprint density at radius 3 is 2.63 bits per heavy atom. The second-order valence-corrected chi connectivity index (χ2v) is 7.69. The van der Waals surface area contributed by atoms with Crippen LogP contribution in [0.5, 0.6) is 0 Å². The van der Waals surface area contributed by atoms with Crippen molar-refractivity contribution in [2.75, 3.05) is 31.1 Å². The molecule has 4 rings (SSSR count). The number of piperazine rings is 1. The highest BCUT2D eigenvalue weighted by Crippen LogP contribution is 2.28. The van der Waals surface area contributed by atoms with E-state index in [9.17, 15) is 4.79 Å². The first kappa shape index (κ1) is 18.1. The molecule has 8 heteroatoms. The standard InChI is InChI=1S/C19H29N7O/c1-2-26-19-17(22-23-26)18(20-14-21-19)25-12-10-24(11-13-25)16(27)9-8-15-6-4-3-5-7-15/h14-15H,2-13H2,1H3. The van der Waals surface area contributed by atoms with Crippen molar-refractivity contribution >= 4 is 22.9 Å². The summed E-state index contributed by atoms with van der Waals surface area (Å²) in [6, 6.07) is 0. The fraction of sp³-hybridized carbons (Fsp3) is 0.737. The molecule has 1 aliphatic heterocycles. The number of nitrogens with zero attached hydrogens (tertiary/aromatic N) is 7. The van der Waals surface area contributed by atoms with Crippen LogP contribution in [0.4, 0.5) is 5.82 Å². The Labute approximate surface area is 159 Å². The van der Waals surface area contributed by atoms with Crippen molar-refractivity contribution in [2.45, 2.75) is 58.4 Å². The van der Waals surface area contributed by atoms with Gasteiger partial charge in [-0.25, -0.2) is 14.6 Å². The monoisotopic (exact) mass is 371 g/mol. The van der Waals surface area contributed by atoms with Crippen LogP contribution in [0.1, 0.15) is 51.9 Å². The molecule has 0 aromatic carbocycles. The molecule has 1 saturated carbocycles. The molecular weight excluding hydrogens is 342 g/mol. The van der Waals surface area contributed by atoms with E-state index < -0.39 is 0 Å². The Morgan fingerprint density at radius 2 is 1.89 bits per heavy atom. The Balaban J connectivity index is 1.33. The third-order valence-corrected chi connectivity index (χ3v) is 6.00. The minimum Gasteiger partial charge on any atom is -0.351 e. The zero-order valence-electron chi connectivity index (χ0n) is 16.2. The second kappa shape index (κ2) is 8.19. The van der Waals surface area contributed by atoms with E-state index in [1.54, 1.807) is 11.0 Å². The van der Waals surface area contributed by atoms with Gasteiger partial charge in [0.2, 0.25) is 5.91 Å². The number of aryl methyl sites for hydroxylation is 1. The van der Waals surface area contributed by atoms with Crippen LogP contribution >= 0.6 is 0 Å². The van der Waals surface area contributed by atoms with Gasteiger partial charge in [-0.05, 0) is 19.3 Å². The third kappa shape index (κ3) is 3.89. The number of hydrogen-bond acceptors (Lipinski definition) is 6. The Hall–Kier alpha value is -2.25. The lowest BCUT2D eigenvalue weighted by Gasteiger charge is -2.35. The van der Waals surface area contributed by atoms with E-state index in [4.69, 9.17) is 0 Å². The van der Waals surface area contributed by atoms with E-state index in [0.717, 1.165) is 62.0 Å². The van der Waals surface area contributed by atoms with Gasteiger partial charge in [0.1, 0.15) is 6.33 Å². The molecule has 2 aromatic rings. The second-order valence-electron chi connectivity index (χ2n) is 7.69. The van der Waals surface area contributed by atoms with Crippen molar-refractivity contribution in [1.82, 2.24) is 29.9 Å². The van der Waals surface area contributed by atoms with Gasteiger partial charge < -0.3 is 9.80 Å². The molecule has 0 atom stereocenters. The van der Waals surface area contributed by atoms with E-state index in [1.165, 1.54) is 32.1 Å². The highest BCUT2D eigenvalue weighted by Gasteiger charge is 2.25. The van der Waals surface area contributed by atoms with Crippen LogP contribution in [0, 0.1) is 5.92 Å². The van der Waals surface area contributed by atoms with Crippen molar-refractivity contribution in [2.24, 2.45) is 5.92 Å². The molecule has 1 amide bonds. The van der Waals surface area contributed by atoms with Crippen molar-refractivity contribution in [3.05, 3.63) is 6.33 Å². The molecule has 1 aliphatic carbocycles. The molecule has 0 spiro atoms. The number of anilines is 1. The molecule has 2 aliphatic rings. The van der Waals surface area contributed by atoms with Crippen LogP contribution in [0.2, 0.25) is 0 Å². The topological polar surface area (TPSA) is 80.0 Å². The molecule has 2 aromatic heterocycles. The van der Waals surface area contributed by atoms with Gasteiger partial charge in [0.15, 0.2) is 17.0 Å². The van der Waals surface area contributed by atoms with Crippen LogP contribution in [-0.4, -0.2) is 61.9 Å². The molecule has 146 valence electrons. The number of carbonyl (C=O) groups excluding carboxylic acids is 1. The normalized spacial score (nSPS) is 19.0. The molecule has 0 unspecified atom stereocenters. The van der Waals surface area contributed by atoms with Crippen molar-refractivity contribution in [3.63, 3.8) is 0 Å². The molecule has 0 bridgehead atoms. The summed E-state index contributed by atoms with van der Waals surface area (Å²) in [5.74, 6) is 1.90. The minimum absolute atomic E-state index is 0.310. The van der Waals surface area contributed by atoms with E-state index in [1.807, 2.05) is 11.8 Å². The predicted molar refractivity (Wildman–Crippen MR) is 103 cm³/mol. The first-order chi connectivity index (χ1) is 13.3. The first-order valence-corrected chi connectivity index (χ1v) is 10.3. The summed E-state index contributed by atoms with van der Waals surface area (Å²) < 4.78 is 1.78. The summed E-state index contributed by atoms with van der Waals surface area (Å²) in [5.41, 5.74) is 1.52. The van der Waals surface area contributed by atoms with Crippen molar-refractivity contribution in [1.29, 1.82) is 0 Å². The molecule has 0 radical (unpaired) electrons.